The number of hydrogen-bond acceptors (Lipinski definition) is 9. The topological polar surface area (TPSA) is 134 Å². The van der Waals surface area contributed by atoms with Crippen LogP contribution in [0.3, 0.4) is 0 Å². The molecule has 11 nitrogen and oxygen atoms in total. The summed E-state index contributed by atoms with van der Waals surface area (Å²) in [5, 5.41) is 3.47. The molecule has 216 valence electrons. The van der Waals surface area contributed by atoms with Gasteiger partial charge in [0.25, 0.3) is 5.91 Å². The van der Waals surface area contributed by atoms with E-state index in [2.05, 4.69) is 33.0 Å². The maximum Gasteiger partial charge on any atom is 0.306 e. The molecule has 4 rings (SSSR count). The van der Waals surface area contributed by atoms with E-state index in [1.807, 2.05) is 6.07 Å². The minimum Gasteiger partial charge on any atom is -0.456 e. The van der Waals surface area contributed by atoms with Crippen molar-refractivity contribution in [3.05, 3.63) is 12.3 Å². The van der Waals surface area contributed by atoms with Gasteiger partial charge in [0.1, 0.15) is 5.52 Å². The number of nitrogens with one attached hydrogen (secondary N) is 1. The Bertz CT molecular complexity index is 1090. The van der Waals surface area contributed by atoms with Crippen LogP contribution in [0.5, 0.6) is 0 Å². The number of unbranched alkanes of at least 4 members (excludes halogenated alkanes) is 2. The summed E-state index contributed by atoms with van der Waals surface area (Å²) in [6, 6.07) is 1.99. The van der Waals surface area contributed by atoms with Crippen LogP contribution in [0, 0.1) is 11.8 Å². The fraction of sp³-hybridized carbons (Fsp3) is 0.714. The van der Waals surface area contributed by atoms with Crippen molar-refractivity contribution in [2.45, 2.75) is 70.9 Å². The van der Waals surface area contributed by atoms with E-state index < -0.39 is 0 Å². The molecule has 3 N–H and O–H groups in total. The van der Waals surface area contributed by atoms with Crippen molar-refractivity contribution in [1.82, 2.24) is 19.4 Å². The van der Waals surface area contributed by atoms with Crippen LogP contribution in [0.4, 0.5) is 11.8 Å². The number of anilines is 2. The highest BCUT2D eigenvalue weighted by molar-refractivity contribution is 5.87. The summed E-state index contributed by atoms with van der Waals surface area (Å²) in [5.74, 6) is 1.31. The number of esters is 1. The van der Waals surface area contributed by atoms with Crippen LogP contribution in [-0.4, -0.2) is 84.0 Å². The minimum absolute atomic E-state index is 0.0933. The lowest BCUT2D eigenvalue weighted by atomic mass is 9.78. The molecule has 0 bridgehead atoms. The first-order valence-corrected chi connectivity index (χ1v) is 14.4. The molecular formula is C28H44N6O5. The number of fused-ring (bicyclic) bond motifs is 1. The Kier molecular flexibility index (Phi) is 10.8. The summed E-state index contributed by atoms with van der Waals surface area (Å²) in [5.41, 5.74) is 7.80. The average Bonchev–Trinajstić information content (AvgIpc) is 3.36. The minimum atomic E-state index is -0.315. The average molecular weight is 545 g/mol. The standard InChI is InChI=1S/C28H44N6O5/c1-3-4-5-11-30-27-26-22(31-28(29)32-27)10-12-34(26)18-21-8-6-20(17-23(21)37-2)7-9-25(36)39-19-24(35)33-13-15-38-16-14-33/h10,12,20-21,23H,3-9,11,13-19H2,1-2H3,(H3,29,30,31,32). The molecule has 2 fully saturated rings. The molecule has 2 aromatic heterocycles. The van der Waals surface area contributed by atoms with Gasteiger partial charge in [0.15, 0.2) is 12.4 Å². The second-order valence-corrected chi connectivity index (χ2v) is 10.7. The van der Waals surface area contributed by atoms with Crippen LogP contribution in [0.1, 0.15) is 58.3 Å². The van der Waals surface area contributed by atoms with Gasteiger partial charge < -0.3 is 34.7 Å². The van der Waals surface area contributed by atoms with E-state index in [0.717, 1.165) is 68.5 Å². The van der Waals surface area contributed by atoms with Gasteiger partial charge in [-0.2, -0.15) is 4.98 Å². The maximum absolute atomic E-state index is 12.3. The van der Waals surface area contributed by atoms with Crippen molar-refractivity contribution in [3.8, 4) is 0 Å². The lowest BCUT2D eigenvalue weighted by Gasteiger charge is -2.35. The number of aromatic nitrogens is 3. The summed E-state index contributed by atoms with van der Waals surface area (Å²) in [4.78, 5) is 35.1. The Morgan fingerprint density at radius 3 is 2.79 bits per heavy atom. The summed E-state index contributed by atoms with van der Waals surface area (Å²) < 4.78 is 18.7. The second-order valence-electron chi connectivity index (χ2n) is 10.7. The number of ether oxygens (including phenoxy) is 3. The third kappa shape index (κ3) is 8.04. The Balaban J connectivity index is 1.28. The number of nitrogens with two attached hydrogens (primary N) is 1. The zero-order valence-electron chi connectivity index (χ0n) is 23.4. The number of rotatable bonds is 13. The number of nitrogens with zero attached hydrogens (tertiary/aromatic N) is 4. The van der Waals surface area contributed by atoms with E-state index in [4.69, 9.17) is 19.9 Å². The molecule has 1 amide bonds. The Morgan fingerprint density at radius 1 is 1.21 bits per heavy atom. The highest BCUT2D eigenvalue weighted by Gasteiger charge is 2.32. The highest BCUT2D eigenvalue weighted by Crippen LogP contribution is 2.35. The van der Waals surface area contributed by atoms with Crippen LogP contribution in [0.25, 0.3) is 11.0 Å². The van der Waals surface area contributed by atoms with E-state index in [9.17, 15) is 9.59 Å². The van der Waals surface area contributed by atoms with Crippen molar-refractivity contribution < 1.29 is 23.8 Å². The zero-order chi connectivity index (χ0) is 27.6. The maximum atomic E-state index is 12.3. The monoisotopic (exact) mass is 544 g/mol. The molecule has 2 aromatic rings. The van der Waals surface area contributed by atoms with Crippen molar-refractivity contribution >= 4 is 34.7 Å². The van der Waals surface area contributed by atoms with Gasteiger partial charge >= 0.3 is 5.97 Å². The third-order valence-corrected chi connectivity index (χ3v) is 7.95. The van der Waals surface area contributed by atoms with E-state index in [1.165, 1.54) is 6.42 Å². The molecule has 1 aliphatic heterocycles. The highest BCUT2D eigenvalue weighted by atomic mass is 16.5. The van der Waals surface area contributed by atoms with Gasteiger partial charge in [-0.1, -0.05) is 19.8 Å². The molecule has 3 atom stereocenters. The van der Waals surface area contributed by atoms with Gasteiger partial charge in [0.2, 0.25) is 5.95 Å². The van der Waals surface area contributed by atoms with Crippen LogP contribution < -0.4 is 11.1 Å². The van der Waals surface area contributed by atoms with Gasteiger partial charge in [0, 0.05) is 51.8 Å². The summed E-state index contributed by atoms with van der Waals surface area (Å²) >= 11 is 0. The Morgan fingerprint density at radius 2 is 2.03 bits per heavy atom. The fourth-order valence-corrected chi connectivity index (χ4v) is 5.71. The summed E-state index contributed by atoms with van der Waals surface area (Å²) in [6.07, 6.45) is 9.54. The van der Waals surface area contributed by atoms with Gasteiger partial charge in [-0.15, -0.1) is 0 Å². The van der Waals surface area contributed by atoms with Crippen LogP contribution in [0.15, 0.2) is 12.3 Å². The smallest absolute Gasteiger partial charge is 0.306 e. The van der Waals surface area contributed by atoms with Gasteiger partial charge in [-0.3, -0.25) is 9.59 Å². The molecule has 3 heterocycles. The molecule has 1 saturated heterocycles. The molecule has 0 aromatic carbocycles. The van der Waals surface area contributed by atoms with E-state index in [0.29, 0.717) is 44.6 Å². The van der Waals surface area contributed by atoms with E-state index in [-0.39, 0.29) is 30.5 Å². The van der Waals surface area contributed by atoms with Gasteiger partial charge in [-0.25, -0.2) is 4.98 Å². The number of nitrogen functional groups attached to an aromatic ring is 1. The molecule has 2 aliphatic rings. The lowest BCUT2D eigenvalue weighted by molar-refractivity contribution is -0.154. The molecular weight excluding hydrogens is 500 g/mol. The molecule has 1 aliphatic carbocycles. The molecule has 3 unspecified atom stereocenters. The first-order chi connectivity index (χ1) is 19.0. The number of amides is 1. The summed E-state index contributed by atoms with van der Waals surface area (Å²) in [7, 11) is 1.77. The predicted octanol–water partition coefficient (Wildman–Crippen LogP) is 3.23. The second kappa shape index (κ2) is 14.5. The van der Waals surface area contributed by atoms with E-state index >= 15 is 0 Å². The lowest BCUT2D eigenvalue weighted by Crippen LogP contribution is -2.42. The quantitative estimate of drug-likeness (QED) is 0.288. The van der Waals surface area contributed by atoms with Crippen molar-refractivity contribution in [2.75, 3.05) is 57.6 Å². The van der Waals surface area contributed by atoms with Crippen molar-refractivity contribution in [2.24, 2.45) is 11.8 Å². The first-order valence-electron chi connectivity index (χ1n) is 14.4. The van der Waals surface area contributed by atoms with Crippen molar-refractivity contribution in [1.29, 1.82) is 0 Å². The van der Waals surface area contributed by atoms with Gasteiger partial charge in [0.05, 0.1) is 24.8 Å². The van der Waals surface area contributed by atoms with Crippen LogP contribution >= 0.6 is 0 Å². The van der Waals surface area contributed by atoms with Crippen molar-refractivity contribution in [3.63, 3.8) is 0 Å². The number of methoxy groups -OCH3 is 1. The van der Waals surface area contributed by atoms with Crippen LogP contribution in [0.2, 0.25) is 0 Å². The molecule has 1 saturated carbocycles. The SMILES string of the molecule is CCCCCNc1nc(N)nc2ccn(CC3CCC(CCC(=O)OCC(=O)N4CCOCC4)CC3OC)c12. The Labute approximate surface area is 230 Å². The number of carbonyl (C=O) groups excluding carboxylic acids is 2. The van der Waals surface area contributed by atoms with Gasteiger partial charge in [-0.05, 0) is 44.1 Å². The molecule has 39 heavy (non-hydrogen) atoms. The molecule has 11 heteroatoms. The zero-order valence-corrected chi connectivity index (χ0v) is 23.4. The number of carbonyl (C=O) groups is 2. The number of morpholine rings is 1. The Hall–Kier alpha value is -2.92. The van der Waals surface area contributed by atoms with Crippen LogP contribution in [-0.2, 0) is 30.3 Å². The predicted molar refractivity (Wildman–Crippen MR) is 149 cm³/mol. The third-order valence-electron chi connectivity index (χ3n) is 7.95. The largest absolute Gasteiger partial charge is 0.456 e. The molecule has 0 radical (unpaired) electrons. The summed E-state index contributed by atoms with van der Waals surface area (Å²) in [6.45, 7) is 5.81. The normalized spacial score (nSPS) is 21.7. The number of hydrogen-bond donors (Lipinski definition) is 2. The first kappa shape index (κ1) is 29.1. The molecule has 0 spiro atoms. The fourth-order valence-electron chi connectivity index (χ4n) is 5.71. The van der Waals surface area contributed by atoms with E-state index in [1.54, 1.807) is 12.0 Å².